The van der Waals surface area contributed by atoms with Crippen LogP contribution in [0.2, 0.25) is 18.1 Å². The Bertz CT molecular complexity index is 899. The first-order valence-corrected chi connectivity index (χ1v) is 16.1. The third kappa shape index (κ3) is 2.88. The zero-order valence-corrected chi connectivity index (χ0v) is 22.5. The van der Waals surface area contributed by atoms with Gasteiger partial charge in [0.25, 0.3) is 0 Å². The Morgan fingerprint density at radius 3 is 2.42 bits per heavy atom. The van der Waals surface area contributed by atoms with E-state index in [1.54, 1.807) is 0 Å². The van der Waals surface area contributed by atoms with Gasteiger partial charge in [0.05, 0.1) is 25.4 Å². The smallest absolute Gasteiger partial charge is 0.199 e. The molecular formula is C27H42O5Si. The Kier molecular flexibility index (Phi) is 4.73. The summed E-state index contributed by atoms with van der Waals surface area (Å²) in [5.41, 5.74) is 1.17. The van der Waals surface area contributed by atoms with Crippen LogP contribution in [-0.4, -0.2) is 51.4 Å². The van der Waals surface area contributed by atoms with Crippen LogP contribution in [0.3, 0.4) is 0 Å². The molecule has 3 saturated carbocycles. The first-order valence-electron chi connectivity index (χ1n) is 13.2. The minimum absolute atomic E-state index is 0.0329. The van der Waals surface area contributed by atoms with Crippen LogP contribution in [0.5, 0.6) is 0 Å². The molecule has 33 heavy (non-hydrogen) atoms. The van der Waals surface area contributed by atoms with Crippen LogP contribution >= 0.6 is 0 Å². The van der Waals surface area contributed by atoms with Gasteiger partial charge in [-0.2, -0.15) is 0 Å². The molecular weight excluding hydrogens is 432 g/mol. The first kappa shape index (κ1) is 22.9. The molecule has 0 aromatic carbocycles. The van der Waals surface area contributed by atoms with Crippen molar-refractivity contribution in [2.75, 3.05) is 13.2 Å². The number of fused-ring (bicyclic) bond motifs is 8. The quantitative estimate of drug-likeness (QED) is 0.404. The van der Waals surface area contributed by atoms with Crippen molar-refractivity contribution in [3.05, 3.63) is 11.6 Å². The molecule has 6 heteroatoms. The lowest BCUT2D eigenvalue weighted by molar-refractivity contribution is -0.269. The SMILES string of the molecule is CC(C)(C)[Si](C)(C)O[C@@H]1C[C@H]2[C@@H]3C(=O)C=C4[C@@H]5O[C@@H]5CC[C@]4(C)[C@H]3CC[C@]2(C)C12OCCO2. The number of hydrogen-bond donors (Lipinski definition) is 0. The van der Waals surface area contributed by atoms with Gasteiger partial charge in [-0.25, -0.2) is 0 Å². The van der Waals surface area contributed by atoms with Gasteiger partial charge in [0.1, 0.15) is 6.10 Å². The fourth-order valence-electron chi connectivity index (χ4n) is 8.25. The zero-order chi connectivity index (χ0) is 23.6. The van der Waals surface area contributed by atoms with E-state index in [2.05, 4.69) is 47.7 Å². The predicted octanol–water partition coefficient (Wildman–Crippen LogP) is 5.25. The largest absolute Gasteiger partial charge is 0.408 e. The molecule has 6 aliphatic rings. The van der Waals surface area contributed by atoms with Gasteiger partial charge in [0.2, 0.25) is 0 Å². The van der Waals surface area contributed by atoms with E-state index in [0.717, 1.165) is 32.1 Å². The molecule has 4 aliphatic carbocycles. The van der Waals surface area contributed by atoms with E-state index in [4.69, 9.17) is 18.6 Å². The Labute approximate surface area is 200 Å². The van der Waals surface area contributed by atoms with Crippen LogP contribution in [0.25, 0.3) is 0 Å². The molecule has 1 spiro atoms. The van der Waals surface area contributed by atoms with E-state index in [9.17, 15) is 4.79 Å². The second-order valence-corrected chi connectivity index (χ2v) is 18.5. The summed E-state index contributed by atoms with van der Waals surface area (Å²) in [7, 11) is -2.04. The molecule has 0 bridgehead atoms. The highest BCUT2D eigenvalue weighted by atomic mass is 28.4. The molecule has 6 rings (SSSR count). The first-order chi connectivity index (χ1) is 15.3. The molecule has 0 radical (unpaired) electrons. The summed E-state index contributed by atoms with van der Waals surface area (Å²) in [6, 6.07) is 0. The summed E-state index contributed by atoms with van der Waals surface area (Å²) in [5, 5.41) is 0.110. The molecule has 8 atom stereocenters. The van der Waals surface area contributed by atoms with Gasteiger partial charge < -0.3 is 18.6 Å². The molecule has 0 aromatic rings. The molecule has 2 saturated heterocycles. The van der Waals surface area contributed by atoms with E-state index in [1.165, 1.54) is 5.57 Å². The van der Waals surface area contributed by atoms with Crippen molar-refractivity contribution < 1.29 is 23.4 Å². The Hall–Kier alpha value is -0.533. The monoisotopic (exact) mass is 474 g/mol. The van der Waals surface area contributed by atoms with Gasteiger partial charge in [0.15, 0.2) is 19.9 Å². The molecule has 0 unspecified atom stereocenters. The number of rotatable bonds is 2. The molecule has 0 amide bonds. The standard InChI is InChI=1S/C27H42O5Si/c1-24(2,3)33(6,7)32-21-15-17-22-16(8-11-26(17,5)27(21)29-12-13-30-27)25(4)10-9-20-23(31-20)18(25)14-19(22)28/h14,16-17,20-23H,8-13,15H2,1-7H3/t16-,17-,20+,21+,22+,23-,25+,26-/m0/s1. The summed E-state index contributed by atoms with van der Waals surface area (Å²) in [5.74, 6) is 0.245. The van der Waals surface area contributed by atoms with Crippen molar-refractivity contribution >= 4 is 14.1 Å². The molecule has 2 heterocycles. The predicted molar refractivity (Wildman–Crippen MR) is 128 cm³/mol. The molecule has 5 nitrogen and oxygen atoms in total. The normalized spacial score (nSPS) is 48.1. The number of carbonyl (C=O) groups excluding carboxylic acids is 1. The fourth-order valence-corrected chi connectivity index (χ4v) is 9.56. The average Bonchev–Trinajstić information content (AvgIpc) is 3.26. The third-order valence-corrected chi connectivity index (χ3v) is 15.7. The van der Waals surface area contributed by atoms with Crippen LogP contribution in [0, 0.1) is 28.6 Å². The summed E-state index contributed by atoms with van der Waals surface area (Å²) in [4.78, 5) is 13.8. The summed E-state index contributed by atoms with van der Waals surface area (Å²) in [6.07, 6.45) is 7.66. The van der Waals surface area contributed by atoms with Crippen molar-refractivity contribution in [2.24, 2.45) is 28.6 Å². The van der Waals surface area contributed by atoms with Gasteiger partial charge in [0, 0.05) is 11.3 Å². The van der Waals surface area contributed by atoms with Crippen LogP contribution < -0.4 is 0 Å². The minimum atomic E-state index is -2.04. The lowest BCUT2D eigenvalue weighted by Crippen LogP contribution is -2.60. The number of ketones is 1. The van der Waals surface area contributed by atoms with Crippen molar-refractivity contribution in [3.63, 3.8) is 0 Å². The number of hydrogen-bond acceptors (Lipinski definition) is 5. The van der Waals surface area contributed by atoms with E-state index >= 15 is 0 Å². The highest BCUT2D eigenvalue weighted by molar-refractivity contribution is 6.74. The topological polar surface area (TPSA) is 57.3 Å². The van der Waals surface area contributed by atoms with Gasteiger partial charge in [-0.05, 0) is 79.1 Å². The van der Waals surface area contributed by atoms with Gasteiger partial charge in [-0.15, -0.1) is 0 Å². The summed E-state index contributed by atoms with van der Waals surface area (Å²) >= 11 is 0. The van der Waals surface area contributed by atoms with Gasteiger partial charge in [-0.3, -0.25) is 4.79 Å². The maximum Gasteiger partial charge on any atom is 0.199 e. The van der Waals surface area contributed by atoms with Gasteiger partial charge in [-0.1, -0.05) is 34.6 Å². The van der Waals surface area contributed by atoms with E-state index in [0.29, 0.717) is 31.0 Å². The van der Waals surface area contributed by atoms with Crippen LogP contribution in [-0.2, 0) is 23.4 Å². The number of carbonyl (C=O) groups is 1. The fraction of sp³-hybridized carbons (Fsp3) is 0.889. The second kappa shape index (κ2) is 6.82. The van der Waals surface area contributed by atoms with Crippen molar-refractivity contribution in [3.8, 4) is 0 Å². The van der Waals surface area contributed by atoms with Crippen LogP contribution in [0.4, 0.5) is 0 Å². The third-order valence-electron chi connectivity index (χ3n) is 11.2. The molecule has 184 valence electrons. The van der Waals surface area contributed by atoms with E-state index in [-0.39, 0.29) is 39.9 Å². The van der Waals surface area contributed by atoms with Crippen LogP contribution in [0.15, 0.2) is 11.6 Å². The Morgan fingerprint density at radius 1 is 1.06 bits per heavy atom. The van der Waals surface area contributed by atoms with Crippen LogP contribution in [0.1, 0.15) is 66.7 Å². The molecule has 0 N–H and O–H groups in total. The molecule has 5 fully saturated rings. The molecule has 0 aromatic heterocycles. The number of ether oxygens (including phenoxy) is 3. The lowest BCUT2D eigenvalue weighted by Gasteiger charge is -2.57. The summed E-state index contributed by atoms with van der Waals surface area (Å²) in [6.45, 7) is 17.5. The van der Waals surface area contributed by atoms with E-state index in [1.807, 2.05) is 6.08 Å². The maximum absolute atomic E-state index is 13.8. The maximum atomic E-state index is 13.8. The van der Waals surface area contributed by atoms with Crippen molar-refractivity contribution in [1.29, 1.82) is 0 Å². The summed E-state index contributed by atoms with van der Waals surface area (Å²) < 4.78 is 26.1. The number of epoxide rings is 1. The molecule has 2 aliphatic heterocycles. The highest BCUT2D eigenvalue weighted by Gasteiger charge is 2.73. The van der Waals surface area contributed by atoms with Gasteiger partial charge >= 0.3 is 0 Å². The highest BCUT2D eigenvalue weighted by Crippen LogP contribution is 2.69. The van der Waals surface area contributed by atoms with E-state index < -0.39 is 14.1 Å². The average molecular weight is 475 g/mol. The lowest BCUT2D eigenvalue weighted by atomic mass is 9.47. The Morgan fingerprint density at radius 2 is 1.76 bits per heavy atom. The second-order valence-electron chi connectivity index (χ2n) is 13.7. The minimum Gasteiger partial charge on any atom is -0.408 e. The number of allylic oxidation sites excluding steroid dienone is 1. The van der Waals surface area contributed by atoms with Crippen molar-refractivity contribution in [1.82, 2.24) is 0 Å². The Balaban J connectivity index is 1.39. The zero-order valence-electron chi connectivity index (χ0n) is 21.5. The van der Waals surface area contributed by atoms with Crippen molar-refractivity contribution in [2.45, 2.75) is 109 Å².